The van der Waals surface area contributed by atoms with E-state index in [1.165, 1.54) is 25.7 Å². The van der Waals surface area contributed by atoms with Crippen LogP contribution in [-0.2, 0) is 0 Å². The maximum atomic E-state index is 6.37. The van der Waals surface area contributed by atoms with Crippen LogP contribution in [-0.4, -0.2) is 23.7 Å². The number of halogens is 1. The number of fused-ring (bicyclic) bond motifs is 1. The number of nitrogens with one attached hydrogen (secondary N) is 1. The molecule has 1 aliphatic carbocycles. The number of hydrogen-bond acceptors (Lipinski definition) is 3. The Kier molecular flexibility index (Phi) is 5.74. The summed E-state index contributed by atoms with van der Waals surface area (Å²) in [6.07, 6.45) is 11.0. The van der Waals surface area contributed by atoms with Gasteiger partial charge in [0, 0.05) is 23.8 Å². The van der Waals surface area contributed by atoms with E-state index < -0.39 is 0 Å². The standard InChI is InChI=1S/C19H25ClN2O/c1-2-3-9-22-16-4-6-17(7-5-16)23-19-12-14-8-10-21-13-15(14)11-18(19)20/h8,10-13,16-17,22H,2-7,9H2,1H3. The van der Waals surface area contributed by atoms with Crippen LogP contribution < -0.4 is 10.1 Å². The van der Waals surface area contributed by atoms with Crippen LogP contribution >= 0.6 is 11.6 Å². The molecule has 4 heteroatoms. The fourth-order valence-electron chi connectivity index (χ4n) is 3.22. The van der Waals surface area contributed by atoms with E-state index in [1.807, 2.05) is 24.4 Å². The van der Waals surface area contributed by atoms with Gasteiger partial charge in [-0.05, 0) is 62.2 Å². The van der Waals surface area contributed by atoms with Crippen LogP contribution in [0.4, 0.5) is 0 Å². The van der Waals surface area contributed by atoms with Crippen LogP contribution in [0.1, 0.15) is 45.4 Å². The van der Waals surface area contributed by atoms with Gasteiger partial charge < -0.3 is 10.1 Å². The van der Waals surface area contributed by atoms with Crippen LogP contribution in [0.15, 0.2) is 30.6 Å². The maximum absolute atomic E-state index is 6.37. The van der Waals surface area contributed by atoms with Crippen molar-refractivity contribution in [3.8, 4) is 5.75 Å². The number of pyridine rings is 1. The highest BCUT2D eigenvalue weighted by atomic mass is 35.5. The number of ether oxygens (including phenoxy) is 1. The Labute approximate surface area is 143 Å². The summed E-state index contributed by atoms with van der Waals surface area (Å²) in [4.78, 5) is 4.13. The largest absolute Gasteiger partial charge is 0.489 e. The van der Waals surface area contributed by atoms with Crippen molar-refractivity contribution >= 4 is 22.4 Å². The van der Waals surface area contributed by atoms with E-state index in [4.69, 9.17) is 16.3 Å². The second-order valence-corrected chi connectivity index (χ2v) is 6.81. The SMILES string of the molecule is CCCCNC1CCC(Oc2cc3ccncc3cc2Cl)CC1. The molecule has 1 aromatic heterocycles. The van der Waals surface area contributed by atoms with Gasteiger partial charge in [-0.3, -0.25) is 4.98 Å². The molecule has 3 nitrogen and oxygen atoms in total. The first kappa shape index (κ1) is 16.5. The maximum Gasteiger partial charge on any atom is 0.138 e. The van der Waals surface area contributed by atoms with Crippen molar-refractivity contribution in [2.24, 2.45) is 0 Å². The van der Waals surface area contributed by atoms with E-state index in [2.05, 4.69) is 17.2 Å². The van der Waals surface area contributed by atoms with Gasteiger partial charge in [0.15, 0.2) is 0 Å². The molecule has 23 heavy (non-hydrogen) atoms. The molecule has 1 N–H and O–H groups in total. The highest BCUT2D eigenvalue weighted by molar-refractivity contribution is 6.32. The molecule has 124 valence electrons. The molecule has 0 saturated heterocycles. The Morgan fingerprint density at radius 3 is 2.83 bits per heavy atom. The molecule has 0 amide bonds. The van der Waals surface area contributed by atoms with Gasteiger partial charge in [0.05, 0.1) is 11.1 Å². The third-order valence-electron chi connectivity index (χ3n) is 4.62. The summed E-state index contributed by atoms with van der Waals surface area (Å²) in [5.41, 5.74) is 0. The molecule has 1 saturated carbocycles. The first-order valence-electron chi connectivity index (χ1n) is 8.69. The van der Waals surface area contributed by atoms with E-state index in [0.29, 0.717) is 11.1 Å². The summed E-state index contributed by atoms with van der Waals surface area (Å²) < 4.78 is 6.19. The summed E-state index contributed by atoms with van der Waals surface area (Å²) in [5, 5.41) is 6.50. The molecule has 0 bridgehead atoms. The molecule has 0 spiro atoms. The summed E-state index contributed by atoms with van der Waals surface area (Å²) >= 11 is 6.37. The highest BCUT2D eigenvalue weighted by Gasteiger charge is 2.22. The smallest absolute Gasteiger partial charge is 0.138 e. The predicted molar refractivity (Wildman–Crippen MR) is 96.3 cm³/mol. The van der Waals surface area contributed by atoms with Crippen LogP contribution in [0.5, 0.6) is 5.75 Å². The second kappa shape index (κ2) is 7.98. The van der Waals surface area contributed by atoms with Crippen LogP contribution in [0.2, 0.25) is 5.02 Å². The lowest BCUT2D eigenvalue weighted by atomic mass is 9.93. The minimum absolute atomic E-state index is 0.274. The van der Waals surface area contributed by atoms with Crippen molar-refractivity contribution in [3.63, 3.8) is 0 Å². The lowest BCUT2D eigenvalue weighted by Gasteiger charge is -2.30. The van der Waals surface area contributed by atoms with E-state index in [1.54, 1.807) is 6.20 Å². The summed E-state index contributed by atoms with van der Waals surface area (Å²) in [7, 11) is 0. The lowest BCUT2D eigenvalue weighted by molar-refractivity contribution is 0.140. The second-order valence-electron chi connectivity index (χ2n) is 6.40. The molecule has 1 fully saturated rings. The topological polar surface area (TPSA) is 34.1 Å². The van der Waals surface area contributed by atoms with Crippen molar-refractivity contribution in [1.29, 1.82) is 0 Å². The molecule has 0 aliphatic heterocycles. The van der Waals surface area contributed by atoms with Gasteiger partial charge in [0.1, 0.15) is 5.75 Å². The van der Waals surface area contributed by atoms with Crippen LogP contribution in [0.25, 0.3) is 10.8 Å². The van der Waals surface area contributed by atoms with Gasteiger partial charge in [0.2, 0.25) is 0 Å². The summed E-state index contributed by atoms with van der Waals surface area (Å²) in [6, 6.07) is 6.62. The zero-order valence-electron chi connectivity index (χ0n) is 13.7. The minimum Gasteiger partial charge on any atom is -0.489 e. The minimum atomic E-state index is 0.274. The first-order valence-corrected chi connectivity index (χ1v) is 9.07. The van der Waals surface area contributed by atoms with Crippen molar-refractivity contribution in [1.82, 2.24) is 10.3 Å². The van der Waals surface area contributed by atoms with E-state index in [0.717, 1.165) is 35.9 Å². The van der Waals surface area contributed by atoms with Crippen molar-refractivity contribution in [2.45, 2.75) is 57.6 Å². The lowest BCUT2D eigenvalue weighted by Crippen LogP contribution is -2.36. The van der Waals surface area contributed by atoms with Gasteiger partial charge in [-0.1, -0.05) is 24.9 Å². The predicted octanol–water partition coefficient (Wildman–Crippen LogP) is 4.97. The average Bonchev–Trinajstić information content (AvgIpc) is 2.57. The fraction of sp³-hybridized carbons (Fsp3) is 0.526. The number of unbranched alkanes of at least 4 members (excludes halogenated alkanes) is 1. The Morgan fingerprint density at radius 2 is 2.04 bits per heavy atom. The normalized spacial score (nSPS) is 21.5. The third-order valence-corrected chi connectivity index (χ3v) is 4.92. The molecular weight excluding hydrogens is 308 g/mol. The number of hydrogen-bond donors (Lipinski definition) is 1. The summed E-state index contributed by atoms with van der Waals surface area (Å²) in [5.74, 6) is 0.799. The van der Waals surface area contributed by atoms with Crippen molar-refractivity contribution < 1.29 is 4.74 Å². The molecule has 3 rings (SSSR count). The number of nitrogens with zero attached hydrogens (tertiary/aromatic N) is 1. The average molecular weight is 333 g/mol. The van der Waals surface area contributed by atoms with E-state index in [-0.39, 0.29) is 6.10 Å². The molecule has 1 heterocycles. The monoisotopic (exact) mass is 332 g/mol. The molecule has 1 aromatic carbocycles. The van der Waals surface area contributed by atoms with Gasteiger partial charge in [-0.15, -0.1) is 0 Å². The van der Waals surface area contributed by atoms with E-state index in [9.17, 15) is 0 Å². The molecular formula is C19H25ClN2O. The first-order chi connectivity index (χ1) is 11.3. The Hall–Kier alpha value is -1.32. The Balaban J connectivity index is 1.57. The van der Waals surface area contributed by atoms with Gasteiger partial charge in [-0.25, -0.2) is 0 Å². The van der Waals surface area contributed by atoms with Gasteiger partial charge in [-0.2, -0.15) is 0 Å². The fourth-order valence-corrected chi connectivity index (χ4v) is 3.44. The molecule has 0 radical (unpaired) electrons. The van der Waals surface area contributed by atoms with Crippen molar-refractivity contribution in [2.75, 3.05) is 6.54 Å². The molecule has 2 aromatic rings. The number of rotatable bonds is 6. The Bertz CT molecular complexity index is 638. The summed E-state index contributed by atoms with van der Waals surface area (Å²) in [6.45, 7) is 3.37. The van der Waals surface area contributed by atoms with Gasteiger partial charge in [0.25, 0.3) is 0 Å². The third kappa shape index (κ3) is 4.36. The van der Waals surface area contributed by atoms with Crippen molar-refractivity contribution in [3.05, 3.63) is 35.6 Å². The number of benzene rings is 1. The molecule has 0 atom stereocenters. The molecule has 1 aliphatic rings. The number of aromatic nitrogens is 1. The van der Waals surface area contributed by atoms with Crippen LogP contribution in [0, 0.1) is 0 Å². The van der Waals surface area contributed by atoms with Crippen LogP contribution in [0.3, 0.4) is 0 Å². The quantitative estimate of drug-likeness (QED) is 0.758. The van der Waals surface area contributed by atoms with Gasteiger partial charge >= 0.3 is 0 Å². The van der Waals surface area contributed by atoms with E-state index >= 15 is 0 Å². The highest BCUT2D eigenvalue weighted by Crippen LogP contribution is 2.32. The Morgan fingerprint density at radius 1 is 1.22 bits per heavy atom. The zero-order chi connectivity index (χ0) is 16.1. The zero-order valence-corrected chi connectivity index (χ0v) is 14.5. The molecule has 0 unspecified atom stereocenters.